The highest BCUT2D eigenvalue weighted by atomic mass is 16.5. The Hall–Kier alpha value is -4.14. The van der Waals surface area contributed by atoms with Gasteiger partial charge in [0.25, 0.3) is 5.91 Å². The van der Waals surface area contributed by atoms with Gasteiger partial charge in [-0.25, -0.2) is 15.0 Å². The minimum atomic E-state index is -0.338. The van der Waals surface area contributed by atoms with E-state index >= 15 is 0 Å². The molecule has 0 aliphatic heterocycles. The molecule has 2 heterocycles. The number of hydrazine groups is 1. The number of amides is 1. The molecule has 9 heteroatoms. The second-order valence-corrected chi connectivity index (χ2v) is 5.87. The van der Waals surface area contributed by atoms with E-state index in [0.717, 1.165) is 11.0 Å². The summed E-state index contributed by atoms with van der Waals surface area (Å²) in [7, 11) is 1.57. The smallest absolute Gasteiger partial charge is 0.269 e. The lowest BCUT2D eigenvalue weighted by atomic mass is 10.2. The van der Waals surface area contributed by atoms with Gasteiger partial charge in [-0.15, -0.1) is 0 Å². The van der Waals surface area contributed by atoms with Gasteiger partial charge in [0.1, 0.15) is 24.1 Å². The first-order chi connectivity index (χ1) is 13.7. The molecule has 1 amide bonds. The molecule has 140 valence electrons. The van der Waals surface area contributed by atoms with E-state index in [2.05, 4.69) is 25.8 Å². The Labute approximate surface area is 160 Å². The SMILES string of the molecule is COc1ccc(C(=O)NNc2ncnc(-n3cnc4ccccc43)c2N)cc1. The molecule has 2 aromatic carbocycles. The zero-order valence-electron chi connectivity index (χ0n) is 15.0. The van der Waals surface area contributed by atoms with Gasteiger partial charge in [0.15, 0.2) is 11.6 Å². The fourth-order valence-corrected chi connectivity index (χ4v) is 2.74. The summed E-state index contributed by atoms with van der Waals surface area (Å²) in [4.78, 5) is 25.0. The number of imidazole rings is 1. The molecule has 4 rings (SSSR count). The van der Waals surface area contributed by atoms with E-state index in [1.54, 1.807) is 42.3 Å². The number of para-hydroxylation sites is 2. The van der Waals surface area contributed by atoms with Crippen LogP contribution in [0.15, 0.2) is 61.2 Å². The molecule has 2 aromatic heterocycles. The lowest BCUT2D eigenvalue weighted by molar-refractivity contribution is 0.0962. The monoisotopic (exact) mass is 375 g/mol. The Morgan fingerprint density at radius 1 is 1.07 bits per heavy atom. The molecule has 4 aromatic rings. The number of nitrogens with one attached hydrogen (secondary N) is 2. The van der Waals surface area contributed by atoms with Crippen LogP contribution in [0.5, 0.6) is 5.75 Å². The number of nitrogen functional groups attached to an aromatic ring is 1. The van der Waals surface area contributed by atoms with E-state index in [0.29, 0.717) is 17.1 Å². The number of hydrogen-bond acceptors (Lipinski definition) is 7. The lowest BCUT2D eigenvalue weighted by Gasteiger charge is -2.13. The van der Waals surface area contributed by atoms with Crippen LogP contribution in [-0.4, -0.2) is 32.5 Å². The largest absolute Gasteiger partial charge is 0.497 e. The van der Waals surface area contributed by atoms with E-state index in [1.807, 2.05) is 24.3 Å². The number of nitrogens with zero attached hydrogens (tertiary/aromatic N) is 4. The third-order valence-electron chi connectivity index (χ3n) is 4.19. The summed E-state index contributed by atoms with van der Waals surface area (Å²) in [5.74, 6) is 1.08. The van der Waals surface area contributed by atoms with Crippen molar-refractivity contribution in [1.82, 2.24) is 24.9 Å². The van der Waals surface area contributed by atoms with E-state index in [-0.39, 0.29) is 17.4 Å². The van der Waals surface area contributed by atoms with Crippen LogP contribution in [0.4, 0.5) is 11.5 Å². The molecular weight excluding hydrogens is 358 g/mol. The number of nitrogens with two attached hydrogens (primary N) is 1. The number of fused-ring (bicyclic) bond motifs is 1. The Balaban J connectivity index is 1.56. The first kappa shape index (κ1) is 17.3. The Morgan fingerprint density at radius 2 is 1.86 bits per heavy atom. The molecule has 0 fully saturated rings. The summed E-state index contributed by atoms with van der Waals surface area (Å²) >= 11 is 0. The van der Waals surface area contributed by atoms with Crippen molar-refractivity contribution in [2.45, 2.75) is 0 Å². The van der Waals surface area contributed by atoms with Crippen molar-refractivity contribution in [3.63, 3.8) is 0 Å². The number of hydrogen-bond donors (Lipinski definition) is 3. The van der Waals surface area contributed by atoms with Crippen molar-refractivity contribution in [2.24, 2.45) is 0 Å². The van der Waals surface area contributed by atoms with Gasteiger partial charge in [0.05, 0.1) is 18.1 Å². The van der Waals surface area contributed by atoms with Gasteiger partial charge in [-0.1, -0.05) is 12.1 Å². The molecule has 28 heavy (non-hydrogen) atoms. The van der Waals surface area contributed by atoms with Crippen LogP contribution >= 0.6 is 0 Å². The van der Waals surface area contributed by atoms with Crippen molar-refractivity contribution in [3.05, 3.63) is 66.7 Å². The average molecular weight is 375 g/mol. The molecule has 0 aliphatic rings. The summed E-state index contributed by atoms with van der Waals surface area (Å²) in [6, 6.07) is 14.4. The van der Waals surface area contributed by atoms with E-state index in [4.69, 9.17) is 10.5 Å². The Bertz CT molecular complexity index is 1140. The summed E-state index contributed by atoms with van der Waals surface area (Å²) in [5, 5.41) is 0. The highest BCUT2D eigenvalue weighted by Crippen LogP contribution is 2.24. The van der Waals surface area contributed by atoms with Crippen molar-refractivity contribution in [1.29, 1.82) is 0 Å². The second-order valence-electron chi connectivity index (χ2n) is 5.87. The van der Waals surface area contributed by atoms with Gasteiger partial charge in [0.2, 0.25) is 0 Å². The van der Waals surface area contributed by atoms with Gasteiger partial charge >= 0.3 is 0 Å². The van der Waals surface area contributed by atoms with Crippen molar-refractivity contribution >= 4 is 28.4 Å². The number of anilines is 2. The Morgan fingerprint density at radius 3 is 2.64 bits per heavy atom. The number of benzene rings is 2. The maximum atomic E-state index is 12.3. The molecule has 0 aliphatic carbocycles. The fraction of sp³-hybridized carbons (Fsp3) is 0.0526. The summed E-state index contributed by atoms with van der Waals surface area (Å²) in [6.07, 6.45) is 3.01. The van der Waals surface area contributed by atoms with Crippen LogP contribution in [0.2, 0.25) is 0 Å². The molecule has 0 atom stereocenters. The van der Waals surface area contributed by atoms with Crippen LogP contribution < -0.4 is 21.3 Å². The van der Waals surface area contributed by atoms with Gasteiger partial charge in [-0.3, -0.25) is 20.2 Å². The standard InChI is InChI=1S/C19H17N7O2/c1-28-13-8-6-12(7-9-13)19(27)25-24-17-16(20)18(22-10-21-17)26-11-23-14-4-2-3-5-15(14)26/h2-11H,20H2,1H3,(H,25,27)(H,21,22,24). The molecule has 4 N–H and O–H groups in total. The maximum absolute atomic E-state index is 12.3. The van der Waals surface area contributed by atoms with Crippen LogP contribution in [0, 0.1) is 0 Å². The van der Waals surface area contributed by atoms with Crippen LogP contribution in [0.1, 0.15) is 10.4 Å². The predicted octanol–water partition coefficient (Wildman–Crippen LogP) is 2.16. The minimum absolute atomic E-state index is 0.278. The topological polar surface area (TPSA) is 120 Å². The molecular formula is C19H17N7O2. The van der Waals surface area contributed by atoms with Crippen molar-refractivity contribution in [2.75, 3.05) is 18.3 Å². The number of rotatable bonds is 5. The maximum Gasteiger partial charge on any atom is 0.269 e. The highest BCUT2D eigenvalue weighted by molar-refractivity contribution is 5.95. The third kappa shape index (κ3) is 3.16. The zero-order valence-corrected chi connectivity index (χ0v) is 15.0. The first-order valence-electron chi connectivity index (χ1n) is 8.40. The average Bonchev–Trinajstić information content (AvgIpc) is 3.17. The summed E-state index contributed by atoms with van der Waals surface area (Å²) < 4.78 is 6.85. The molecule has 0 unspecified atom stereocenters. The fourth-order valence-electron chi connectivity index (χ4n) is 2.74. The van der Waals surface area contributed by atoms with Crippen LogP contribution in [0.3, 0.4) is 0 Å². The summed E-state index contributed by atoms with van der Waals surface area (Å²) in [6.45, 7) is 0. The normalized spacial score (nSPS) is 10.6. The number of aromatic nitrogens is 4. The molecule has 0 spiro atoms. The third-order valence-corrected chi connectivity index (χ3v) is 4.19. The molecule has 9 nitrogen and oxygen atoms in total. The minimum Gasteiger partial charge on any atom is -0.497 e. The highest BCUT2D eigenvalue weighted by Gasteiger charge is 2.13. The molecule has 0 radical (unpaired) electrons. The lowest BCUT2D eigenvalue weighted by Crippen LogP contribution is -2.30. The zero-order chi connectivity index (χ0) is 19.5. The van der Waals surface area contributed by atoms with E-state index < -0.39 is 0 Å². The van der Waals surface area contributed by atoms with Gasteiger partial charge in [-0.2, -0.15) is 0 Å². The predicted molar refractivity (Wildman–Crippen MR) is 105 cm³/mol. The Kier molecular flexibility index (Phi) is 4.47. The quantitative estimate of drug-likeness (QED) is 0.457. The van der Waals surface area contributed by atoms with Crippen LogP contribution in [-0.2, 0) is 0 Å². The number of ether oxygens (including phenoxy) is 1. The van der Waals surface area contributed by atoms with Gasteiger partial charge in [-0.05, 0) is 36.4 Å². The molecule has 0 saturated heterocycles. The molecule has 0 saturated carbocycles. The molecule has 0 bridgehead atoms. The van der Waals surface area contributed by atoms with Gasteiger partial charge in [0, 0.05) is 5.56 Å². The van der Waals surface area contributed by atoms with Crippen molar-refractivity contribution in [3.8, 4) is 11.6 Å². The van der Waals surface area contributed by atoms with Crippen LogP contribution in [0.25, 0.3) is 16.9 Å². The number of carbonyl (C=O) groups is 1. The van der Waals surface area contributed by atoms with Crippen molar-refractivity contribution < 1.29 is 9.53 Å². The number of methoxy groups -OCH3 is 1. The second kappa shape index (κ2) is 7.23. The van der Waals surface area contributed by atoms with Gasteiger partial charge < -0.3 is 10.5 Å². The number of carbonyl (C=O) groups excluding carboxylic acids is 1. The first-order valence-corrected chi connectivity index (χ1v) is 8.40. The summed E-state index contributed by atoms with van der Waals surface area (Å²) in [5.41, 5.74) is 14.0. The van der Waals surface area contributed by atoms with E-state index in [1.165, 1.54) is 6.33 Å². The van der Waals surface area contributed by atoms with E-state index in [9.17, 15) is 4.79 Å².